The molecule has 2 aromatic heterocycles. The SMILES string of the molecule is [2H]C1(OC[C@H]2OC(n3cnc4c(Cl)ncnc43)[C@H](OC(C)=O)[C@@H]2OC(C)=O)CC1. The number of nitrogens with zero attached hydrogens (tertiary/aromatic N) is 4. The van der Waals surface area contributed by atoms with Crippen molar-refractivity contribution in [2.75, 3.05) is 6.61 Å². The molecule has 0 spiro atoms. The molecule has 3 heterocycles. The average molecular weight is 412 g/mol. The maximum absolute atomic E-state index is 11.7. The molecule has 1 saturated carbocycles. The number of hydrogen-bond donors (Lipinski definition) is 0. The van der Waals surface area contributed by atoms with E-state index in [9.17, 15) is 9.59 Å². The third-order valence-electron chi connectivity index (χ3n) is 4.38. The molecule has 1 aliphatic heterocycles. The normalized spacial score (nSPS) is 28.8. The minimum atomic E-state index is -0.975. The lowest BCUT2D eigenvalue weighted by atomic mass is 10.1. The van der Waals surface area contributed by atoms with E-state index in [0.717, 1.165) is 0 Å². The van der Waals surface area contributed by atoms with Crippen LogP contribution in [-0.2, 0) is 28.5 Å². The first-order valence-corrected chi connectivity index (χ1v) is 9.12. The van der Waals surface area contributed by atoms with Crippen molar-refractivity contribution in [2.45, 2.75) is 57.3 Å². The Balaban J connectivity index is 1.68. The second-order valence-electron chi connectivity index (χ2n) is 6.55. The molecule has 150 valence electrons. The Bertz CT molecular complexity index is 951. The van der Waals surface area contributed by atoms with Crippen LogP contribution in [0.25, 0.3) is 11.2 Å². The van der Waals surface area contributed by atoms with Gasteiger partial charge in [-0.2, -0.15) is 0 Å². The third kappa shape index (κ3) is 3.80. The third-order valence-corrected chi connectivity index (χ3v) is 4.66. The Morgan fingerprint density at radius 3 is 2.64 bits per heavy atom. The highest BCUT2D eigenvalue weighted by atomic mass is 35.5. The summed E-state index contributed by atoms with van der Waals surface area (Å²) < 4.78 is 32.0. The summed E-state index contributed by atoms with van der Waals surface area (Å²) in [5, 5.41) is 0.164. The van der Waals surface area contributed by atoms with Crippen molar-refractivity contribution in [3.05, 3.63) is 17.8 Å². The molecule has 0 amide bonds. The number of imidazole rings is 1. The summed E-state index contributed by atoms with van der Waals surface area (Å²) in [6.45, 7) is 2.50. The number of esters is 2. The second kappa shape index (κ2) is 7.61. The van der Waals surface area contributed by atoms with Crippen LogP contribution in [0.2, 0.25) is 5.15 Å². The lowest BCUT2D eigenvalue weighted by Crippen LogP contribution is -2.40. The van der Waals surface area contributed by atoms with Crippen LogP contribution in [0, 0.1) is 0 Å². The molecule has 2 fully saturated rings. The number of carbonyl (C=O) groups is 2. The van der Waals surface area contributed by atoms with Gasteiger partial charge in [-0.25, -0.2) is 15.0 Å². The number of fused-ring (bicyclic) bond motifs is 1. The van der Waals surface area contributed by atoms with E-state index >= 15 is 0 Å². The second-order valence-corrected chi connectivity index (χ2v) is 6.91. The van der Waals surface area contributed by atoms with E-state index in [-0.39, 0.29) is 11.8 Å². The van der Waals surface area contributed by atoms with Crippen LogP contribution in [0.1, 0.15) is 34.3 Å². The van der Waals surface area contributed by atoms with Crippen LogP contribution >= 0.6 is 11.6 Å². The zero-order valence-electron chi connectivity index (χ0n) is 16.2. The molecule has 0 bridgehead atoms. The Labute approximate surface area is 166 Å². The van der Waals surface area contributed by atoms with E-state index in [0.29, 0.717) is 24.0 Å². The van der Waals surface area contributed by atoms with Gasteiger partial charge in [0.05, 0.1) is 20.4 Å². The van der Waals surface area contributed by atoms with Crippen LogP contribution in [0.3, 0.4) is 0 Å². The van der Waals surface area contributed by atoms with Crippen molar-refractivity contribution in [1.82, 2.24) is 19.5 Å². The van der Waals surface area contributed by atoms with Crippen molar-refractivity contribution in [1.29, 1.82) is 0 Å². The summed E-state index contributed by atoms with van der Waals surface area (Å²) in [6.07, 6.45) is -0.545. The highest BCUT2D eigenvalue weighted by Gasteiger charge is 2.51. The van der Waals surface area contributed by atoms with Crippen LogP contribution < -0.4 is 0 Å². The lowest BCUT2D eigenvalue weighted by Gasteiger charge is -2.23. The van der Waals surface area contributed by atoms with Crippen molar-refractivity contribution in [2.24, 2.45) is 0 Å². The zero-order chi connectivity index (χ0) is 20.8. The van der Waals surface area contributed by atoms with Gasteiger partial charge in [-0.05, 0) is 12.8 Å². The first kappa shape index (κ1) is 17.8. The summed E-state index contributed by atoms with van der Waals surface area (Å²) in [7, 11) is 0. The largest absolute Gasteiger partial charge is 0.456 e. The molecule has 1 unspecified atom stereocenters. The lowest BCUT2D eigenvalue weighted by molar-refractivity contribution is -0.166. The van der Waals surface area contributed by atoms with E-state index in [2.05, 4.69) is 15.0 Å². The summed E-state index contributed by atoms with van der Waals surface area (Å²) in [5.74, 6) is -1.13. The highest BCUT2D eigenvalue weighted by Crippen LogP contribution is 2.37. The minimum Gasteiger partial charge on any atom is -0.456 e. The molecule has 4 rings (SSSR count). The molecule has 28 heavy (non-hydrogen) atoms. The molecule has 2 aromatic rings. The monoisotopic (exact) mass is 411 g/mol. The summed E-state index contributed by atoms with van der Waals surface area (Å²) >= 11 is 6.07. The smallest absolute Gasteiger partial charge is 0.303 e. The number of ether oxygens (including phenoxy) is 4. The van der Waals surface area contributed by atoms with Gasteiger partial charge in [0.15, 0.2) is 29.2 Å². The van der Waals surface area contributed by atoms with Gasteiger partial charge in [-0.1, -0.05) is 11.6 Å². The molecule has 4 atom stereocenters. The summed E-state index contributed by atoms with van der Waals surface area (Å²) in [5.41, 5.74) is 0.723. The van der Waals surface area contributed by atoms with E-state index < -0.39 is 42.6 Å². The molecule has 1 aliphatic carbocycles. The van der Waals surface area contributed by atoms with E-state index in [1.165, 1.54) is 26.5 Å². The fraction of sp³-hybridized carbons (Fsp3) is 0.588. The van der Waals surface area contributed by atoms with Gasteiger partial charge < -0.3 is 18.9 Å². The minimum absolute atomic E-state index is 0.00190. The first-order valence-electron chi connectivity index (χ1n) is 9.24. The van der Waals surface area contributed by atoms with E-state index in [4.69, 9.17) is 31.9 Å². The zero-order valence-corrected chi connectivity index (χ0v) is 16.0. The molecule has 11 heteroatoms. The van der Waals surface area contributed by atoms with Gasteiger partial charge >= 0.3 is 11.9 Å². The standard InChI is InChI=1S/C17H19ClN4O6/c1-8(23)26-13-11(5-25-10-3-4-10)28-17(14(13)27-9(2)24)22-7-21-12-15(18)19-6-20-16(12)22/h6-7,10-11,13-14,17H,3-5H2,1-2H3/t11-,13-,14-,17?/m1/s1/i10D. The van der Waals surface area contributed by atoms with Crippen LogP contribution in [-0.4, -0.2) is 62.5 Å². The van der Waals surface area contributed by atoms with Gasteiger partial charge in [0, 0.05) is 13.8 Å². The quantitative estimate of drug-likeness (QED) is 0.514. The van der Waals surface area contributed by atoms with Gasteiger partial charge in [0.25, 0.3) is 0 Å². The Morgan fingerprint density at radius 2 is 1.96 bits per heavy atom. The maximum atomic E-state index is 11.7. The van der Waals surface area contributed by atoms with Crippen molar-refractivity contribution >= 4 is 34.7 Å². The topological polar surface area (TPSA) is 115 Å². The summed E-state index contributed by atoms with van der Waals surface area (Å²) in [6, 6.07) is 0. The maximum Gasteiger partial charge on any atom is 0.303 e. The van der Waals surface area contributed by atoms with Gasteiger partial charge in [-0.3, -0.25) is 14.2 Å². The average Bonchev–Trinajstić information content (AvgIpc) is 3.09. The van der Waals surface area contributed by atoms with Crippen molar-refractivity contribution < 1.29 is 29.9 Å². The number of carbonyl (C=O) groups excluding carboxylic acids is 2. The van der Waals surface area contributed by atoms with Crippen molar-refractivity contribution in [3.8, 4) is 0 Å². The molecular weight excluding hydrogens is 392 g/mol. The molecule has 0 aromatic carbocycles. The molecule has 10 nitrogen and oxygen atoms in total. The van der Waals surface area contributed by atoms with Gasteiger partial charge in [0.1, 0.15) is 17.9 Å². The Kier molecular flexibility index (Phi) is 4.83. The summed E-state index contributed by atoms with van der Waals surface area (Å²) in [4.78, 5) is 35.7. The number of hydrogen-bond acceptors (Lipinski definition) is 9. The predicted octanol–water partition coefficient (Wildman–Crippen LogP) is 1.42. The number of halogens is 1. The van der Waals surface area contributed by atoms with E-state index in [1.807, 2.05) is 0 Å². The van der Waals surface area contributed by atoms with Crippen LogP contribution in [0.5, 0.6) is 0 Å². The van der Waals surface area contributed by atoms with E-state index in [1.54, 1.807) is 4.57 Å². The fourth-order valence-electron chi connectivity index (χ4n) is 3.12. The predicted molar refractivity (Wildman–Crippen MR) is 94.3 cm³/mol. The number of aromatic nitrogens is 4. The van der Waals surface area contributed by atoms with Crippen LogP contribution in [0.4, 0.5) is 0 Å². The fourth-order valence-corrected chi connectivity index (χ4v) is 3.30. The Morgan fingerprint density at radius 1 is 1.25 bits per heavy atom. The Hall–Kier alpha value is -2.30. The van der Waals surface area contributed by atoms with Gasteiger partial charge in [0.2, 0.25) is 0 Å². The molecule has 1 saturated heterocycles. The highest BCUT2D eigenvalue weighted by molar-refractivity contribution is 6.33. The first-order chi connectivity index (χ1) is 13.8. The molecular formula is C17H19ClN4O6. The van der Waals surface area contributed by atoms with Crippen molar-refractivity contribution in [3.63, 3.8) is 0 Å². The van der Waals surface area contributed by atoms with Gasteiger partial charge in [-0.15, -0.1) is 0 Å². The molecule has 2 aliphatic rings. The molecule has 0 radical (unpaired) electrons. The van der Waals surface area contributed by atoms with Crippen LogP contribution in [0.15, 0.2) is 12.7 Å². The number of rotatable bonds is 6. The molecule has 0 N–H and O–H groups in total.